The quantitative estimate of drug-likeness (QED) is 0.643. The number of hydrogen-bond acceptors (Lipinski definition) is 1. The van der Waals surface area contributed by atoms with Crippen LogP contribution in [0.2, 0.25) is 0 Å². The summed E-state index contributed by atoms with van der Waals surface area (Å²) in [5.74, 6) is 0. The van der Waals surface area contributed by atoms with Gasteiger partial charge in [-0.3, -0.25) is 0 Å². The van der Waals surface area contributed by atoms with Crippen LogP contribution in [0, 0.1) is 0 Å². The Bertz CT molecular complexity index is 419. The fraction of sp³-hybridized carbons (Fsp3) is 0.273. The molecule has 0 amide bonds. The zero-order valence-electron chi connectivity index (χ0n) is 8.76. The molecule has 0 aliphatic carbocycles. The number of hydrogen-bond donors (Lipinski definition) is 1. The zero-order valence-corrected chi connectivity index (χ0v) is 8.76. The molecule has 0 heterocycles. The van der Waals surface area contributed by atoms with Crippen molar-refractivity contribution in [3.05, 3.63) is 48.0 Å². The summed E-state index contributed by atoms with van der Waals surface area (Å²) < 4.78 is 73.9. The van der Waals surface area contributed by atoms with Crippen molar-refractivity contribution < 1.29 is 31.4 Å². The molecule has 0 aliphatic rings. The molecule has 1 rings (SSSR count). The van der Waals surface area contributed by atoms with Gasteiger partial charge in [-0.25, -0.2) is 0 Å². The lowest BCUT2D eigenvalue weighted by atomic mass is 9.92. The van der Waals surface area contributed by atoms with Gasteiger partial charge in [0.1, 0.15) is 0 Å². The van der Waals surface area contributed by atoms with E-state index in [4.69, 9.17) is 0 Å². The Balaban J connectivity index is 3.26. The van der Waals surface area contributed by atoms with Crippen LogP contribution in [0.5, 0.6) is 0 Å². The maximum atomic E-state index is 12.7. The smallest absolute Gasteiger partial charge is 0.373 e. The van der Waals surface area contributed by atoms with Crippen molar-refractivity contribution in [2.24, 2.45) is 0 Å². The van der Waals surface area contributed by atoms with Crippen LogP contribution < -0.4 is 0 Å². The molecule has 1 atom stereocenters. The summed E-state index contributed by atoms with van der Waals surface area (Å²) in [5, 5.41) is 9.47. The minimum atomic E-state index is -5.25. The minimum absolute atomic E-state index is 0.303. The lowest BCUT2D eigenvalue weighted by Crippen LogP contribution is -2.40. The number of halogens is 6. The molecule has 0 saturated heterocycles. The fourth-order valence-electron chi connectivity index (χ4n) is 1.26. The van der Waals surface area contributed by atoms with Gasteiger partial charge in [0.05, 0.1) is 0 Å². The first-order chi connectivity index (χ1) is 8.06. The molecule has 1 N–H and O–H groups in total. The van der Waals surface area contributed by atoms with Crippen molar-refractivity contribution in [1.29, 1.82) is 0 Å². The number of aliphatic hydroxyl groups is 1. The predicted octanol–water partition coefficient (Wildman–Crippen LogP) is 3.56. The molecule has 0 spiro atoms. The van der Waals surface area contributed by atoms with Crippen LogP contribution in [0.1, 0.15) is 5.56 Å². The molecule has 1 aromatic rings. The number of rotatable bonds is 2. The van der Waals surface area contributed by atoms with Crippen molar-refractivity contribution in [1.82, 2.24) is 0 Å². The highest BCUT2D eigenvalue weighted by Crippen LogP contribution is 2.40. The third-order valence-electron chi connectivity index (χ3n) is 2.16. The van der Waals surface area contributed by atoms with Crippen molar-refractivity contribution in [3.63, 3.8) is 0 Å². The molecular formula is C11H8F6O. The lowest BCUT2D eigenvalue weighted by molar-refractivity contribution is -0.245. The summed E-state index contributed by atoms with van der Waals surface area (Å²) in [6.07, 6.45) is -11.1. The van der Waals surface area contributed by atoms with Crippen LogP contribution in [0.15, 0.2) is 42.5 Å². The van der Waals surface area contributed by atoms with Crippen LogP contribution in [0.4, 0.5) is 26.3 Å². The molecule has 1 nitrogen and oxygen atoms in total. The second-order valence-electron chi connectivity index (χ2n) is 3.51. The Kier molecular flexibility index (Phi) is 3.75. The first-order valence-corrected chi connectivity index (χ1v) is 4.68. The van der Waals surface area contributed by atoms with Gasteiger partial charge in [0.2, 0.25) is 5.60 Å². The van der Waals surface area contributed by atoms with E-state index in [2.05, 4.69) is 0 Å². The first-order valence-electron chi connectivity index (χ1n) is 4.68. The van der Waals surface area contributed by atoms with Crippen LogP contribution in [-0.4, -0.2) is 17.5 Å². The van der Waals surface area contributed by atoms with Gasteiger partial charge in [-0.15, -0.1) is 0 Å². The van der Waals surface area contributed by atoms with E-state index in [0.29, 0.717) is 0 Å². The van der Waals surface area contributed by atoms with Gasteiger partial charge in [0.25, 0.3) is 0 Å². The number of alkyl halides is 6. The Hall–Kier alpha value is -1.50. The summed E-state index contributed by atoms with van der Waals surface area (Å²) in [6, 6.07) is 5.55. The van der Waals surface area contributed by atoms with Gasteiger partial charge >= 0.3 is 12.4 Å². The molecule has 1 unspecified atom stereocenters. The van der Waals surface area contributed by atoms with Crippen molar-refractivity contribution >= 4 is 0 Å². The largest absolute Gasteiger partial charge is 0.425 e. The third kappa shape index (κ3) is 3.25. The highest BCUT2D eigenvalue weighted by molar-refractivity contribution is 5.29. The van der Waals surface area contributed by atoms with Crippen molar-refractivity contribution in [2.45, 2.75) is 18.0 Å². The highest BCUT2D eigenvalue weighted by atomic mass is 19.4. The second-order valence-corrected chi connectivity index (χ2v) is 3.51. The lowest BCUT2D eigenvalue weighted by Gasteiger charge is -2.28. The number of allylic oxidation sites excluding steroid dienone is 1. The average molecular weight is 270 g/mol. The van der Waals surface area contributed by atoms with E-state index in [1.165, 1.54) is 18.2 Å². The van der Waals surface area contributed by atoms with Gasteiger partial charge < -0.3 is 5.11 Å². The monoisotopic (exact) mass is 270 g/mol. The molecule has 18 heavy (non-hydrogen) atoms. The minimum Gasteiger partial charge on any atom is -0.373 e. The van der Waals surface area contributed by atoms with E-state index in [-0.39, 0.29) is 6.08 Å². The van der Waals surface area contributed by atoms with Gasteiger partial charge in [0.15, 0.2) is 0 Å². The maximum absolute atomic E-state index is 12.7. The topological polar surface area (TPSA) is 20.2 Å². The zero-order chi connectivity index (χ0) is 14.0. The van der Waals surface area contributed by atoms with E-state index in [0.717, 1.165) is 12.1 Å². The highest BCUT2D eigenvalue weighted by Gasteiger charge is 2.53. The summed E-state index contributed by atoms with van der Waals surface area (Å²) in [5.41, 5.74) is -4.35. The summed E-state index contributed by atoms with van der Waals surface area (Å²) in [6.45, 7) is 0. The third-order valence-corrected chi connectivity index (χ3v) is 2.16. The normalized spacial score (nSPS) is 16.8. The molecule has 100 valence electrons. The second kappa shape index (κ2) is 4.64. The summed E-state index contributed by atoms with van der Waals surface area (Å²) in [7, 11) is 0. The van der Waals surface area contributed by atoms with E-state index < -0.39 is 29.6 Å². The summed E-state index contributed by atoms with van der Waals surface area (Å²) >= 11 is 0. The Morgan fingerprint density at radius 3 is 1.72 bits per heavy atom. The molecule has 0 aliphatic heterocycles. The van der Waals surface area contributed by atoms with Gasteiger partial charge in [0, 0.05) is 6.08 Å². The van der Waals surface area contributed by atoms with Crippen LogP contribution in [0.3, 0.4) is 0 Å². The molecule has 0 fully saturated rings. The Labute approximate surface area is 98.4 Å². The molecule has 0 aromatic heterocycles. The summed E-state index contributed by atoms with van der Waals surface area (Å²) in [4.78, 5) is 0. The number of benzene rings is 1. The van der Waals surface area contributed by atoms with E-state index in [1.807, 2.05) is 0 Å². The standard InChI is InChI=1S/C11H8F6O/c12-10(13,14)7-6-9(18,11(15,16)17)8-4-2-1-3-5-8/h1-7,18H/b7-6+. The van der Waals surface area contributed by atoms with Crippen LogP contribution in [-0.2, 0) is 5.60 Å². The molecule has 0 radical (unpaired) electrons. The Morgan fingerprint density at radius 1 is 0.833 bits per heavy atom. The molecule has 1 aromatic carbocycles. The van der Waals surface area contributed by atoms with E-state index >= 15 is 0 Å². The predicted molar refractivity (Wildman–Crippen MR) is 51.6 cm³/mol. The first kappa shape index (κ1) is 14.6. The Morgan fingerprint density at radius 2 is 1.33 bits per heavy atom. The van der Waals surface area contributed by atoms with Gasteiger partial charge in [-0.1, -0.05) is 30.3 Å². The SMILES string of the molecule is OC(/C=C/C(F)(F)F)(c1ccccc1)C(F)(F)F. The molecule has 7 heteroatoms. The molecule has 0 saturated carbocycles. The molecule has 0 bridgehead atoms. The van der Waals surface area contributed by atoms with Gasteiger partial charge in [-0.05, 0) is 11.6 Å². The van der Waals surface area contributed by atoms with Crippen LogP contribution in [0.25, 0.3) is 0 Å². The maximum Gasteiger partial charge on any atom is 0.425 e. The molecular weight excluding hydrogens is 262 g/mol. The van der Waals surface area contributed by atoms with Crippen molar-refractivity contribution in [2.75, 3.05) is 0 Å². The average Bonchev–Trinajstić information content (AvgIpc) is 2.24. The van der Waals surface area contributed by atoms with E-state index in [1.54, 1.807) is 0 Å². The van der Waals surface area contributed by atoms with Crippen molar-refractivity contribution in [3.8, 4) is 0 Å². The van der Waals surface area contributed by atoms with E-state index in [9.17, 15) is 31.4 Å². The fourth-order valence-corrected chi connectivity index (χ4v) is 1.26. The van der Waals surface area contributed by atoms with Crippen LogP contribution >= 0.6 is 0 Å². The van der Waals surface area contributed by atoms with Gasteiger partial charge in [-0.2, -0.15) is 26.3 Å².